The summed E-state index contributed by atoms with van der Waals surface area (Å²) in [5, 5.41) is 3.53. The number of urea groups is 1. The van der Waals surface area contributed by atoms with Crippen molar-refractivity contribution in [3.8, 4) is 0 Å². The van der Waals surface area contributed by atoms with Gasteiger partial charge in [0.05, 0.1) is 0 Å². The van der Waals surface area contributed by atoms with Crippen molar-refractivity contribution in [3.63, 3.8) is 0 Å². The Morgan fingerprint density at radius 1 is 1.08 bits per heavy atom. The van der Waals surface area contributed by atoms with Crippen molar-refractivity contribution in [1.29, 1.82) is 0 Å². The summed E-state index contributed by atoms with van der Waals surface area (Å²) in [5.74, 6) is 0.811. The topological polar surface area (TPSA) is 52.7 Å². The summed E-state index contributed by atoms with van der Waals surface area (Å²) in [7, 11) is 0. The van der Waals surface area contributed by atoms with E-state index in [0.717, 1.165) is 5.56 Å². The number of carbonyl (C=O) groups is 2. The van der Waals surface area contributed by atoms with Gasteiger partial charge in [0, 0.05) is 43.3 Å². The number of aryl methyl sites for hydroxylation is 1. The minimum absolute atomic E-state index is 0.135. The fourth-order valence-electron chi connectivity index (χ4n) is 3.80. The molecule has 3 rings (SSSR count). The molecule has 6 heteroatoms. The van der Waals surface area contributed by atoms with Gasteiger partial charge in [-0.15, -0.1) is 0 Å². The number of halogens is 1. The Hall–Kier alpha value is -1.75. The van der Waals surface area contributed by atoms with Crippen molar-refractivity contribution in [2.45, 2.75) is 45.4 Å². The summed E-state index contributed by atoms with van der Waals surface area (Å²) in [6, 6.07) is 5.37. The van der Waals surface area contributed by atoms with Crippen molar-refractivity contribution in [3.05, 3.63) is 28.8 Å². The summed E-state index contributed by atoms with van der Waals surface area (Å²) < 4.78 is 0. The maximum Gasteiger partial charge on any atom is 0.321 e. The predicted octanol–water partition coefficient (Wildman–Crippen LogP) is 4.29. The number of benzene rings is 1. The van der Waals surface area contributed by atoms with Crippen LogP contribution in [0.25, 0.3) is 0 Å². The van der Waals surface area contributed by atoms with Gasteiger partial charge >= 0.3 is 6.03 Å². The number of nitrogens with zero attached hydrogens (tertiary/aromatic N) is 2. The second-order valence-electron chi connectivity index (χ2n) is 7.47. The molecule has 3 amide bonds. The van der Waals surface area contributed by atoms with Gasteiger partial charge in [-0.1, -0.05) is 36.9 Å². The highest BCUT2D eigenvalue weighted by molar-refractivity contribution is 6.31. The van der Waals surface area contributed by atoms with Gasteiger partial charge < -0.3 is 15.1 Å². The second-order valence-corrected chi connectivity index (χ2v) is 7.88. The van der Waals surface area contributed by atoms with Crippen molar-refractivity contribution >= 4 is 29.2 Å². The van der Waals surface area contributed by atoms with Crippen LogP contribution in [0.4, 0.5) is 10.5 Å². The van der Waals surface area contributed by atoms with Crippen LogP contribution in [0.5, 0.6) is 0 Å². The maximum absolute atomic E-state index is 12.5. The molecule has 2 aliphatic rings. The zero-order valence-corrected chi connectivity index (χ0v) is 16.2. The largest absolute Gasteiger partial charge is 0.339 e. The number of piperazine rings is 1. The molecule has 5 nitrogen and oxygen atoms in total. The van der Waals surface area contributed by atoms with Gasteiger partial charge in [0.1, 0.15) is 0 Å². The third-order valence-electron chi connectivity index (χ3n) is 5.53. The lowest BCUT2D eigenvalue weighted by Gasteiger charge is -2.35. The Morgan fingerprint density at radius 3 is 2.38 bits per heavy atom. The highest BCUT2D eigenvalue weighted by Gasteiger charge is 2.26. The summed E-state index contributed by atoms with van der Waals surface area (Å²) >= 11 is 6.11. The molecule has 0 atom stereocenters. The first-order valence-electron chi connectivity index (χ1n) is 9.63. The molecule has 1 aliphatic carbocycles. The number of nitrogens with one attached hydrogen (secondary N) is 1. The molecule has 0 aromatic heterocycles. The average Bonchev–Trinajstić information content (AvgIpc) is 2.65. The van der Waals surface area contributed by atoms with E-state index in [1.807, 2.05) is 24.0 Å². The van der Waals surface area contributed by atoms with Crippen LogP contribution in [0.15, 0.2) is 18.2 Å². The maximum atomic E-state index is 12.5. The van der Waals surface area contributed by atoms with E-state index in [0.29, 0.717) is 49.2 Å². The minimum Gasteiger partial charge on any atom is -0.339 e. The summed E-state index contributed by atoms with van der Waals surface area (Å²) in [6.07, 6.45) is 6.88. The second kappa shape index (κ2) is 8.76. The first-order valence-corrected chi connectivity index (χ1v) is 10.0. The molecule has 1 aliphatic heterocycles. The summed E-state index contributed by atoms with van der Waals surface area (Å²) in [5.41, 5.74) is 1.68. The first kappa shape index (κ1) is 19.0. The molecule has 1 N–H and O–H groups in total. The zero-order valence-electron chi connectivity index (χ0n) is 15.5. The van der Waals surface area contributed by atoms with Crippen LogP contribution in [0, 0.1) is 12.8 Å². The molecule has 0 radical (unpaired) electrons. The quantitative estimate of drug-likeness (QED) is 0.853. The van der Waals surface area contributed by atoms with Gasteiger partial charge in [-0.25, -0.2) is 4.79 Å². The van der Waals surface area contributed by atoms with Crippen LogP contribution in [-0.2, 0) is 4.79 Å². The number of rotatable bonds is 3. The molecule has 1 aromatic rings. The van der Waals surface area contributed by atoms with E-state index in [2.05, 4.69) is 5.32 Å². The van der Waals surface area contributed by atoms with Gasteiger partial charge in [-0.2, -0.15) is 0 Å². The highest BCUT2D eigenvalue weighted by atomic mass is 35.5. The molecule has 26 heavy (non-hydrogen) atoms. The molecule has 2 fully saturated rings. The number of anilines is 1. The lowest BCUT2D eigenvalue weighted by molar-refractivity contribution is -0.133. The summed E-state index contributed by atoms with van der Waals surface area (Å²) in [4.78, 5) is 28.6. The Balaban J connectivity index is 1.45. The van der Waals surface area contributed by atoms with E-state index in [1.165, 1.54) is 32.1 Å². The van der Waals surface area contributed by atoms with Gasteiger partial charge in [-0.05, 0) is 43.4 Å². The molecule has 0 bridgehead atoms. The van der Waals surface area contributed by atoms with Gasteiger partial charge in [0.15, 0.2) is 0 Å². The molecular formula is C20H28ClN3O2. The summed E-state index contributed by atoms with van der Waals surface area (Å²) in [6.45, 7) is 4.31. The molecule has 0 unspecified atom stereocenters. The Bertz CT molecular complexity index is 650. The lowest BCUT2D eigenvalue weighted by atomic mass is 9.86. The molecule has 1 saturated heterocycles. The van der Waals surface area contributed by atoms with E-state index < -0.39 is 0 Å². The van der Waals surface area contributed by atoms with Crippen LogP contribution in [0.1, 0.15) is 44.1 Å². The van der Waals surface area contributed by atoms with Gasteiger partial charge in [0.2, 0.25) is 5.91 Å². The molecule has 0 spiro atoms. The third kappa shape index (κ3) is 4.91. The standard InChI is InChI=1S/C20H28ClN3O2/c1-15-7-8-17(14-18(15)21)22-20(26)24-11-9-23(10-12-24)19(25)13-16-5-3-2-4-6-16/h7-8,14,16H,2-6,9-13H2,1H3,(H,22,26). The predicted molar refractivity (Wildman–Crippen MR) is 105 cm³/mol. The fourth-order valence-corrected chi connectivity index (χ4v) is 3.98. The van der Waals surface area contributed by atoms with Crippen LogP contribution < -0.4 is 5.32 Å². The lowest BCUT2D eigenvalue weighted by Crippen LogP contribution is -2.51. The third-order valence-corrected chi connectivity index (χ3v) is 5.94. The zero-order chi connectivity index (χ0) is 18.5. The van der Waals surface area contributed by atoms with Crippen LogP contribution in [-0.4, -0.2) is 47.9 Å². The molecule has 1 heterocycles. The van der Waals surface area contributed by atoms with Crippen LogP contribution in [0.3, 0.4) is 0 Å². The van der Waals surface area contributed by atoms with Gasteiger partial charge in [-0.3, -0.25) is 4.79 Å². The van der Waals surface area contributed by atoms with Crippen molar-refractivity contribution in [1.82, 2.24) is 9.80 Å². The van der Waals surface area contributed by atoms with E-state index in [-0.39, 0.29) is 11.9 Å². The number of amides is 3. The molecule has 142 valence electrons. The fraction of sp³-hybridized carbons (Fsp3) is 0.600. The number of hydrogen-bond acceptors (Lipinski definition) is 2. The van der Waals surface area contributed by atoms with Crippen LogP contribution >= 0.6 is 11.6 Å². The minimum atomic E-state index is -0.135. The van der Waals surface area contributed by atoms with E-state index in [4.69, 9.17) is 11.6 Å². The van der Waals surface area contributed by atoms with Crippen molar-refractivity contribution < 1.29 is 9.59 Å². The Kier molecular flexibility index (Phi) is 6.41. The number of hydrogen-bond donors (Lipinski definition) is 1. The molecule has 1 aromatic carbocycles. The van der Waals surface area contributed by atoms with E-state index in [1.54, 1.807) is 11.0 Å². The van der Waals surface area contributed by atoms with E-state index >= 15 is 0 Å². The highest BCUT2D eigenvalue weighted by Crippen LogP contribution is 2.27. The normalized spacial score (nSPS) is 18.7. The monoisotopic (exact) mass is 377 g/mol. The van der Waals surface area contributed by atoms with Crippen molar-refractivity contribution in [2.24, 2.45) is 5.92 Å². The van der Waals surface area contributed by atoms with Gasteiger partial charge in [0.25, 0.3) is 0 Å². The van der Waals surface area contributed by atoms with Crippen LogP contribution in [0.2, 0.25) is 5.02 Å². The smallest absolute Gasteiger partial charge is 0.321 e. The Labute approximate surface area is 160 Å². The van der Waals surface area contributed by atoms with E-state index in [9.17, 15) is 9.59 Å². The Morgan fingerprint density at radius 2 is 1.73 bits per heavy atom. The van der Waals surface area contributed by atoms with Crippen molar-refractivity contribution in [2.75, 3.05) is 31.5 Å². The first-order chi connectivity index (χ1) is 12.5. The number of carbonyl (C=O) groups excluding carboxylic acids is 2. The molecular weight excluding hydrogens is 350 g/mol. The SMILES string of the molecule is Cc1ccc(NC(=O)N2CCN(C(=O)CC3CCCCC3)CC2)cc1Cl. The molecule has 1 saturated carbocycles. The average molecular weight is 378 g/mol.